The maximum absolute atomic E-state index is 12.5. The highest BCUT2D eigenvalue weighted by Gasteiger charge is 2.39. The number of pyridine rings is 1. The number of nitrogens with one attached hydrogen (secondary N) is 2. The van der Waals surface area contributed by atoms with E-state index in [1.165, 1.54) is 6.07 Å². The predicted molar refractivity (Wildman–Crippen MR) is 91.7 cm³/mol. The van der Waals surface area contributed by atoms with Crippen molar-refractivity contribution >= 4 is 28.6 Å². The third-order valence-corrected chi connectivity index (χ3v) is 3.74. The van der Waals surface area contributed by atoms with E-state index in [0.717, 1.165) is 5.56 Å². The lowest BCUT2D eigenvalue weighted by atomic mass is 10.2. The largest absolute Gasteiger partial charge is 0.471 e. The number of imidazole rings is 1. The number of alkyl halides is 3. The SMILES string of the molecule is CCn1cnc2c(NCc3ccccc3)cc(NC(=O)C(F)(F)F)nc21. The lowest BCUT2D eigenvalue weighted by Gasteiger charge is -2.12. The minimum absolute atomic E-state index is 0.189. The van der Waals surface area contributed by atoms with Crippen LogP contribution in [0.3, 0.4) is 0 Å². The van der Waals surface area contributed by atoms with Gasteiger partial charge >= 0.3 is 12.1 Å². The van der Waals surface area contributed by atoms with Crippen molar-refractivity contribution in [2.75, 3.05) is 10.6 Å². The summed E-state index contributed by atoms with van der Waals surface area (Å²) in [4.78, 5) is 19.6. The van der Waals surface area contributed by atoms with Crippen molar-refractivity contribution in [2.24, 2.45) is 0 Å². The van der Waals surface area contributed by atoms with E-state index in [9.17, 15) is 18.0 Å². The number of amides is 1. The standard InChI is InChI=1S/C17H16F3N5O/c1-2-25-10-22-14-12(21-9-11-6-4-3-5-7-11)8-13(23-15(14)25)24-16(26)17(18,19)20/h3-8,10H,2,9H2,1H3,(H2,21,23,24,26). The molecule has 0 spiro atoms. The zero-order valence-electron chi connectivity index (χ0n) is 13.8. The zero-order chi connectivity index (χ0) is 18.7. The Bertz CT molecular complexity index is 921. The van der Waals surface area contributed by atoms with Crippen molar-refractivity contribution < 1.29 is 18.0 Å². The van der Waals surface area contributed by atoms with E-state index in [-0.39, 0.29) is 5.82 Å². The minimum atomic E-state index is -4.99. The molecule has 0 bridgehead atoms. The second-order valence-electron chi connectivity index (χ2n) is 5.55. The molecule has 2 N–H and O–H groups in total. The second-order valence-corrected chi connectivity index (χ2v) is 5.55. The Morgan fingerprint density at radius 2 is 1.96 bits per heavy atom. The van der Waals surface area contributed by atoms with Crippen molar-refractivity contribution in [3.8, 4) is 0 Å². The first-order chi connectivity index (χ1) is 12.4. The van der Waals surface area contributed by atoms with Gasteiger partial charge in [0.05, 0.1) is 12.0 Å². The number of carbonyl (C=O) groups excluding carboxylic acids is 1. The molecule has 136 valence electrons. The molecule has 1 aromatic carbocycles. The summed E-state index contributed by atoms with van der Waals surface area (Å²) < 4.78 is 39.3. The van der Waals surface area contributed by atoms with Crippen molar-refractivity contribution in [1.82, 2.24) is 14.5 Å². The molecule has 2 heterocycles. The van der Waals surface area contributed by atoms with Crippen LogP contribution in [0.25, 0.3) is 11.2 Å². The summed E-state index contributed by atoms with van der Waals surface area (Å²) in [6.07, 6.45) is -3.43. The topological polar surface area (TPSA) is 71.8 Å². The Hall–Kier alpha value is -3.10. The van der Waals surface area contributed by atoms with Crippen LogP contribution in [0.15, 0.2) is 42.7 Å². The number of rotatable bonds is 5. The van der Waals surface area contributed by atoms with E-state index in [2.05, 4.69) is 15.3 Å². The molecule has 0 atom stereocenters. The van der Waals surface area contributed by atoms with Crippen molar-refractivity contribution in [3.05, 3.63) is 48.3 Å². The number of nitrogens with zero attached hydrogens (tertiary/aromatic N) is 3. The number of hydrogen-bond acceptors (Lipinski definition) is 4. The minimum Gasteiger partial charge on any atom is -0.379 e. The molecule has 0 unspecified atom stereocenters. The van der Waals surface area contributed by atoms with Crippen molar-refractivity contribution in [3.63, 3.8) is 0 Å². The number of aromatic nitrogens is 3. The molecule has 0 aliphatic rings. The molecule has 6 nitrogen and oxygen atoms in total. The van der Waals surface area contributed by atoms with Gasteiger partial charge in [-0.15, -0.1) is 0 Å². The Morgan fingerprint density at radius 3 is 2.62 bits per heavy atom. The van der Waals surface area contributed by atoms with Gasteiger partial charge in [-0.05, 0) is 12.5 Å². The predicted octanol–water partition coefficient (Wildman–Crippen LogP) is 3.56. The molecule has 3 aromatic rings. The molecule has 0 aliphatic heterocycles. The number of fused-ring (bicyclic) bond motifs is 1. The average Bonchev–Trinajstić information content (AvgIpc) is 3.03. The Morgan fingerprint density at radius 1 is 1.23 bits per heavy atom. The number of aryl methyl sites for hydroxylation is 1. The summed E-state index contributed by atoms with van der Waals surface area (Å²) in [7, 11) is 0. The molecule has 0 aliphatic carbocycles. The lowest BCUT2D eigenvalue weighted by molar-refractivity contribution is -0.167. The van der Waals surface area contributed by atoms with Gasteiger partial charge in [0.25, 0.3) is 0 Å². The number of hydrogen-bond donors (Lipinski definition) is 2. The first-order valence-corrected chi connectivity index (χ1v) is 7.90. The molecule has 0 radical (unpaired) electrons. The van der Waals surface area contributed by atoms with Gasteiger partial charge in [0.2, 0.25) is 0 Å². The number of anilines is 2. The fourth-order valence-electron chi connectivity index (χ4n) is 2.45. The fraction of sp³-hybridized carbons (Fsp3) is 0.235. The number of halogens is 3. The highest BCUT2D eigenvalue weighted by Crippen LogP contribution is 2.26. The maximum Gasteiger partial charge on any atom is 0.471 e. The third kappa shape index (κ3) is 3.76. The second kappa shape index (κ2) is 7.03. The molecular weight excluding hydrogens is 347 g/mol. The number of benzene rings is 1. The first kappa shape index (κ1) is 17.7. The maximum atomic E-state index is 12.5. The van der Waals surface area contributed by atoms with Crippen LogP contribution in [-0.4, -0.2) is 26.6 Å². The van der Waals surface area contributed by atoms with Crippen LogP contribution < -0.4 is 10.6 Å². The average molecular weight is 363 g/mol. The molecule has 0 fully saturated rings. The Labute approximate surface area is 147 Å². The molecule has 3 rings (SSSR count). The van der Waals surface area contributed by atoms with Crippen LogP contribution >= 0.6 is 0 Å². The quantitative estimate of drug-likeness (QED) is 0.727. The van der Waals surface area contributed by atoms with Crippen LogP contribution in [0, 0.1) is 0 Å². The summed E-state index contributed by atoms with van der Waals surface area (Å²) in [5, 5.41) is 4.94. The van der Waals surface area contributed by atoms with Crippen LogP contribution in [0.5, 0.6) is 0 Å². The third-order valence-electron chi connectivity index (χ3n) is 3.74. The van der Waals surface area contributed by atoms with Gasteiger partial charge in [0, 0.05) is 19.2 Å². The molecule has 2 aromatic heterocycles. The zero-order valence-corrected chi connectivity index (χ0v) is 13.8. The summed E-state index contributed by atoms with van der Waals surface area (Å²) >= 11 is 0. The van der Waals surface area contributed by atoms with Gasteiger partial charge in [-0.2, -0.15) is 13.2 Å². The molecule has 1 amide bonds. The molecule has 9 heteroatoms. The fourth-order valence-corrected chi connectivity index (χ4v) is 2.45. The van der Waals surface area contributed by atoms with E-state index >= 15 is 0 Å². The summed E-state index contributed by atoms with van der Waals surface area (Å²) in [5.74, 6) is -2.26. The Balaban J connectivity index is 1.95. The van der Waals surface area contributed by atoms with Crippen molar-refractivity contribution in [2.45, 2.75) is 26.2 Å². The van der Waals surface area contributed by atoms with E-state index in [1.54, 1.807) is 16.2 Å². The van der Waals surface area contributed by atoms with Crippen LogP contribution in [0.2, 0.25) is 0 Å². The summed E-state index contributed by atoms with van der Waals surface area (Å²) in [5.41, 5.74) is 2.40. The molecule has 0 saturated heterocycles. The van der Waals surface area contributed by atoms with Gasteiger partial charge in [-0.25, -0.2) is 9.97 Å². The summed E-state index contributed by atoms with van der Waals surface area (Å²) in [6.45, 7) is 2.85. The highest BCUT2D eigenvalue weighted by molar-refractivity contribution is 5.97. The summed E-state index contributed by atoms with van der Waals surface area (Å²) in [6, 6.07) is 10.9. The van der Waals surface area contributed by atoms with E-state index in [0.29, 0.717) is 29.9 Å². The van der Waals surface area contributed by atoms with Gasteiger partial charge in [-0.3, -0.25) is 4.79 Å². The lowest BCUT2D eigenvalue weighted by Crippen LogP contribution is -2.30. The van der Waals surface area contributed by atoms with Gasteiger partial charge in [0.1, 0.15) is 11.3 Å². The van der Waals surface area contributed by atoms with E-state index in [1.807, 2.05) is 37.3 Å². The number of carbonyl (C=O) groups is 1. The van der Waals surface area contributed by atoms with Gasteiger partial charge in [-0.1, -0.05) is 30.3 Å². The van der Waals surface area contributed by atoms with E-state index < -0.39 is 12.1 Å². The molecule has 26 heavy (non-hydrogen) atoms. The first-order valence-electron chi connectivity index (χ1n) is 7.90. The molecule has 0 saturated carbocycles. The normalized spacial score (nSPS) is 11.5. The highest BCUT2D eigenvalue weighted by atomic mass is 19.4. The Kier molecular flexibility index (Phi) is 4.79. The van der Waals surface area contributed by atoms with Gasteiger partial charge in [0.15, 0.2) is 5.65 Å². The van der Waals surface area contributed by atoms with Crippen LogP contribution in [0.4, 0.5) is 24.7 Å². The smallest absolute Gasteiger partial charge is 0.379 e. The van der Waals surface area contributed by atoms with Gasteiger partial charge < -0.3 is 15.2 Å². The van der Waals surface area contributed by atoms with Crippen LogP contribution in [0.1, 0.15) is 12.5 Å². The van der Waals surface area contributed by atoms with E-state index in [4.69, 9.17) is 0 Å². The molecular formula is C17H16F3N5O. The monoisotopic (exact) mass is 363 g/mol. The van der Waals surface area contributed by atoms with Crippen LogP contribution in [-0.2, 0) is 17.9 Å². The van der Waals surface area contributed by atoms with Crippen molar-refractivity contribution in [1.29, 1.82) is 0 Å².